The summed E-state index contributed by atoms with van der Waals surface area (Å²) in [5, 5.41) is 3.88. The summed E-state index contributed by atoms with van der Waals surface area (Å²) >= 11 is 0. The topological polar surface area (TPSA) is 77.0 Å². The Bertz CT molecular complexity index is 550. The number of carbonyl (C=O) groups excluding carboxylic acids is 2. The molecule has 0 aromatic heterocycles. The van der Waals surface area contributed by atoms with Crippen LogP contribution in [0, 0.1) is 5.92 Å². The summed E-state index contributed by atoms with van der Waals surface area (Å²) in [7, 11) is 1.48. The van der Waals surface area contributed by atoms with E-state index in [0.29, 0.717) is 11.5 Å². The van der Waals surface area contributed by atoms with Crippen molar-refractivity contribution in [1.82, 2.24) is 5.43 Å². The van der Waals surface area contributed by atoms with Crippen molar-refractivity contribution in [2.24, 2.45) is 11.0 Å². The number of hydrogen-bond acceptors (Lipinski definition) is 5. The Kier molecular flexibility index (Phi) is 4.34. The van der Waals surface area contributed by atoms with Gasteiger partial charge in [-0.15, -0.1) is 0 Å². The van der Waals surface area contributed by atoms with Crippen LogP contribution in [0.15, 0.2) is 23.3 Å². The fraction of sp³-hybridized carbons (Fsp3) is 0.357. The summed E-state index contributed by atoms with van der Waals surface area (Å²) in [6.07, 6.45) is 3.39. The zero-order valence-corrected chi connectivity index (χ0v) is 11.4. The number of hydrogen-bond donors (Lipinski definition) is 1. The molecule has 0 bridgehead atoms. The maximum atomic E-state index is 11.4. The maximum Gasteiger partial charge on any atom is 0.308 e. The molecule has 1 fully saturated rings. The van der Waals surface area contributed by atoms with Crippen LogP contribution in [0.1, 0.15) is 25.3 Å². The predicted molar refractivity (Wildman–Crippen MR) is 72.8 cm³/mol. The molecule has 6 heteroatoms. The lowest BCUT2D eigenvalue weighted by Gasteiger charge is -2.08. The van der Waals surface area contributed by atoms with Crippen molar-refractivity contribution in [2.45, 2.75) is 19.8 Å². The van der Waals surface area contributed by atoms with Gasteiger partial charge in [0.25, 0.3) is 0 Å². The van der Waals surface area contributed by atoms with Gasteiger partial charge in [-0.3, -0.25) is 9.59 Å². The van der Waals surface area contributed by atoms with Crippen LogP contribution in [-0.2, 0) is 9.59 Å². The van der Waals surface area contributed by atoms with Gasteiger partial charge in [0.15, 0.2) is 11.5 Å². The van der Waals surface area contributed by atoms with Crippen LogP contribution >= 0.6 is 0 Å². The lowest BCUT2D eigenvalue weighted by molar-refractivity contribution is -0.132. The predicted octanol–water partition coefficient (Wildman–Crippen LogP) is 1.48. The smallest absolute Gasteiger partial charge is 0.308 e. The molecule has 1 amide bonds. The van der Waals surface area contributed by atoms with E-state index in [0.717, 1.165) is 18.4 Å². The monoisotopic (exact) mass is 276 g/mol. The molecule has 1 N–H and O–H groups in total. The second-order valence-electron chi connectivity index (χ2n) is 4.51. The van der Waals surface area contributed by atoms with Gasteiger partial charge in [-0.05, 0) is 36.6 Å². The van der Waals surface area contributed by atoms with Crippen molar-refractivity contribution in [2.75, 3.05) is 7.11 Å². The molecule has 1 saturated carbocycles. The minimum Gasteiger partial charge on any atom is -0.493 e. The van der Waals surface area contributed by atoms with E-state index in [4.69, 9.17) is 9.47 Å². The lowest BCUT2D eigenvalue weighted by atomic mass is 10.2. The van der Waals surface area contributed by atoms with Gasteiger partial charge >= 0.3 is 5.97 Å². The Morgan fingerprint density at radius 3 is 2.70 bits per heavy atom. The quantitative estimate of drug-likeness (QED) is 0.382. The maximum absolute atomic E-state index is 11.4. The standard InChI is InChI=1S/C14H16N2O4/c1-9(17)20-12-6-3-10(7-13(12)19-2)8-15-16-14(18)11-4-5-11/h3,6-8,11H,4-5H2,1-2H3,(H,16,18). The van der Waals surface area contributed by atoms with Gasteiger partial charge < -0.3 is 9.47 Å². The second-order valence-corrected chi connectivity index (χ2v) is 4.51. The number of nitrogens with zero attached hydrogens (tertiary/aromatic N) is 1. The summed E-state index contributed by atoms with van der Waals surface area (Å²) in [4.78, 5) is 22.3. The average Bonchev–Trinajstić information content (AvgIpc) is 3.24. The fourth-order valence-corrected chi connectivity index (χ4v) is 1.61. The minimum atomic E-state index is -0.415. The van der Waals surface area contributed by atoms with E-state index in [1.807, 2.05) is 0 Å². The van der Waals surface area contributed by atoms with Crippen LogP contribution in [0.25, 0.3) is 0 Å². The normalized spacial score (nSPS) is 14.1. The van der Waals surface area contributed by atoms with Crippen LogP contribution in [-0.4, -0.2) is 25.2 Å². The summed E-state index contributed by atoms with van der Waals surface area (Å²) < 4.78 is 10.1. The first kappa shape index (κ1) is 14.0. The number of carbonyl (C=O) groups is 2. The third-order valence-electron chi connectivity index (χ3n) is 2.78. The molecule has 1 aromatic rings. The van der Waals surface area contributed by atoms with Crippen molar-refractivity contribution < 1.29 is 19.1 Å². The zero-order chi connectivity index (χ0) is 14.5. The fourth-order valence-electron chi connectivity index (χ4n) is 1.61. The molecule has 1 aliphatic rings. The van der Waals surface area contributed by atoms with Crippen LogP contribution in [0.3, 0.4) is 0 Å². The largest absolute Gasteiger partial charge is 0.493 e. The summed E-state index contributed by atoms with van der Waals surface area (Å²) in [6, 6.07) is 5.00. The molecule has 0 heterocycles. The van der Waals surface area contributed by atoms with E-state index in [2.05, 4.69) is 10.5 Å². The van der Waals surface area contributed by atoms with Gasteiger partial charge in [0.05, 0.1) is 13.3 Å². The molecule has 0 atom stereocenters. The highest BCUT2D eigenvalue weighted by Gasteiger charge is 2.29. The molecule has 1 aliphatic carbocycles. The molecule has 0 spiro atoms. The number of benzene rings is 1. The van der Waals surface area contributed by atoms with Gasteiger partial charge in [0, 0.05) is 12.8 Å². The molecule has 0 unspecified atom stereocenters. The summed E-state index contributed by atoms with van der Waals surface area (Å²) in [5.74, 6) is 0.427. The number of methoxy groups -OCH3 is 1. The Balaban J connectivity index is 2.02. The molecular formula is C14H16N2O4. The molecule has 1 aromatic carbocycles. The molecule has 0 aliphatic heterocycles. The Hall–Kier alpha value is -2.37. The molecule has 2 rings (SSSR count). The number of nitrogens with one attached hydrogen (secondary N) is 1. The van der Waals surface area contributed by atoms with E-state index in [1.54, 1.807) is 18.2 Å². The number of rotatable bonds is 5. The van der Waals surface area contributed by atoms with E-state index in [1.165, 1.54) is 20.2 Å². The molecule has 0 radical (unpaired) electrons. The van der Waals surface area contributed by atoms with Crippen LogP contribution in [0.2, 0.25) is 0 Å². The third-order valence-corrected chi connectivity index (χ3v) is 2.78. The average molecular weight is 276 g/mol. The highest BCUT2D eigenvalue weighted by atomic mass is 16.6. The Morgan fingerprint density at radius 2 is 2.10 bits per heavy atom. The Morgan fingerprint density at radius 1 is 1.35 bits per heavy atom. The van der Waals surface area contributed by atoms with Crippen molar-refractivity contribution >= 4 is 18.1 Å². The third kappa shape index (κ3) is 3.81. The lowest BCUT2D eigenvalue weighted by Crippen LogP contribution is -2.18. The number of esters is 1. The number of hydrazone groups is 1. The van der Waals surface area contributed by atoms with Crippen molar-refractivity contribution in [3.05, 3.63) is 23.8 Å². The van der Waals surface area contributed by atoms with Crippen molar-refractivity contribution in [3.63, 3.8) is 0 Å². The van der Waals surface area contributed by atoms with Crippen LogP contribution < -0.4 is 14.9 Å². The van der Waals surface area contributed by atoms with E-state index in [-0.39, 0.29) is 11.8 Å². The highest BCUT2D eigenvalue weighted by Crippen LogP contribution is 2.29. The van der Waals surface area contributed by atoms with Crippen LogP contribution in [0.4, 0.5) is 0 Å². The van der Waals surface area contributed by atoms with E-state index in [9.17, 15) is 9.59 Å². The first-order valence-corrected chi connectivity index (χ1v) is 6.29. The van der Waals surface area contributed by atoms with Crippen molar-refractivity contribution in [1.29, 1.82) is 0 Å². The number of amides is 1. The summed E-state index contributed by atoms with van der Waals surface area (Å²) in [5.41, 5.74) is 3.21. The first-order valence-electron chi connectivity index (χ1n) is 6.29. The molecular weight excluding hydrogens is 260 g/mol. The molecule has 106 valence electrons. The van der Waals surface area contributed by atoms with Gasteiger partial charge in [-0.1, -0.05) is 0 Å². The minimum absolute atomic E-state index is 0.0512. The Labute approximate surface area is 116 Å². The highest BCUT2D eigenvalue weighted by molar-refractivity contribution is 5.85. The van der Waals surface area contributed by atoms with Gasteiger partial charge in [0.2, 0.25) is 5.91 Å². The number of ether oxygens (including phenoxy) is 2. The zero-order valence-electron chi connectivity index (χ0n) is 11.4. The van der Waals surface area contributed by atoms with E-state index < -0.39 is 5.97 Å². The molecule has 20 heavy (non-hydrogen) atoms. The SMILES string of the molecule is COc1cc(C=NNC(=O)C2CC2)ccc1OC(C)=O. The van der Waals surface area contributed by atoms with Gasteiger partial charge in [-0.2, -0.15) is 5.10 Å². The van der Waals surface area contributed by atoms with E-state index >= 15 is 0 Å². The van der Waals surface area contributed by atoms with Gasteiger partial charge in [0.1, 0.15) is 0 Å². The van der Waals surface area contributed by atoms with Crippen molar-refractivity contribution in [3.8, 4) is 11.5 Å². The summed E-state index contributed by atoms with van der Waals surface area (Å²) in [6.45, 7) is 1.32. The molecule has 0 saturated heterocycles. The van der Waals surface area contributed by atoms with Crippen LogP contribution in [0.5, 0.6) is 11.5 Å². The first-order chi connectivity index (χ1) is 9.60. The second kappa shape index (κ2) is 6.18. The van der Waals surface area contributed by atoms with Gasteiger partial charge in [-0.25, -0.2) is 5.43 Å². The molecule has 6 nitrogen and oxygen atoms in total.